The molecule has 14 rings (SSSR count). The lowest BCUT2D eigenvalue weighted by atomic mass is 9.73. The number of ether oxygens (including phenoxy) is 2. The number of hydrogen-bond donors (Lipinski definition) is 4. The average Bonchev–Trinajstić information content (AvgIpc) is 3.43. The first kappa shape index (κ1) is 54.9. The van der Waals surface area contributed by atoms with E-state index in [1.165, 1.54) is 114 Å². The van der Waals surface area contributed by atoms with Crippen molar-refractivity contribution in [3.63, 3.8) is 0 Å². The van der Waals surface area contributed by atoms with Crippen molar-refractivity contribution in [2.75, 3.05) is 66.6 Å². The zero-order valence-corrected chi connectivity index (χ0v) is 45.8. The summed E-state index contributed by atoms with van der Waals surface area (Å²) in [5.41, 5.74) is 18.4. The molecule has 10 heteroatoms. The number of hydrogen-bond acceptors (Lipinski definition) is 8. The Bertz CT molecular complexity index is 2780. The van der Waals surface area contributed by atoms with E-state index in [0.29, 0.717) is 41.1 Å². The van der Waals surface area contributed by atoms with E-state index in [1.54, 1.807) is 36.6 Å². The summed E-state index contributed by atoms with van der Waals surface area (Å²) < 4.78 is 11.0. The Labute approximate surface area is 463 Å². The number of phenolic OH excluding ortho intramolecular Hbond substituents is 2. The molecule has 6 aromatic carbocycles. The van der Waals surface area contributed by atoms with Crippen LogP contribution in [0.1, 0.15) is 112 Å². The van der Waals surface area contributed by atoms with Crippen LogP contribution in [0.2, 0.25) is 0 Å². The lowest BCUT2D eigenvalue weighted by molar-refractivity contribution is 0.137. The summed E-state index contributed by atoms with van der Waals surface area (Å²) in [6, 6.07) is 46.6. The number of rotatable bonds is 6. The predicted octanol–water partition coefficient (Wildman–Crippen LogP) is 12.1. The van der Waals surface area contributed by atoms with Gasteiger partial charge in [0, 0.05) is 52.4 Å². The third-order valence-electron chi connectivity index (χ3n) is 17.5. The van der Waals surface area contributed by atoms with Crippen molar-refractivity contribution >= 4 is 28.1 Å². The summed E-state index contributed by atoms with van der Waals surface area (Å²) in [5.74, 6) is 8.77. The SMILES string of the molecule is C.COc1cccc2c1CC1CC2CN(Cc2ccccc2)C1.COc1cccc2c1CC1CNCC2C1.Oc1cccc2c1CC1CC2CN(Cc2ccccc2)C1.Oc1cccc2c1CC1CNCC2C1.[B]I. The Morgan fingerprint density at radius 1 is 0.440 bits per heavy atom. The number of halogens is 1. The minimum atomic E-state index is 0. The zero-order chi connectivity index (χ0) is 51.0. The van der Waals surface area contributed by atoms with Crippen molar-refractivity contribution in [3.8, 4) is 23.0 Å². The van der Waals surface area contributed by atoms with Gasteiger partial charge in [-0.3, -0.25) is 9.80 Å². The smallest absolute Gasteiger partial charge is 0.169 e. The van der Waals surface area contributed by atoms with E-state index in [9.17, 15) is 10.2 Å². The highest BCUT2D eigenvalue weighted by molar-refractivity contribution is 14.1. The number of methoxy groups -OCH3 is 2. The molecular formula is C65H80BIN4O4. The van der Waals surface area contributed by atoms with E-state index in [2.05, 4.69) is 135 Å². The first-order valence-electron chi connectivity index (χ1n) is 27.4. The minimum absolute atomic E-state index is 0. The van der Waals surface area contributed by atoms with Gasteiger partial charge in [-0.15, -0.1) is 0 Å². The van der Waals surface area contributed by atoms with Crippen molar-refractivity contribution in [1.82, 2.24) is 20.4 Å². The molecular weight excluding hydrogens is 1040 g/mol. The van der Waals surface area contributed by atoms with Crippen molar-refractivity contribution in [2.45, 2.75) is 95.6 Å². The molecule has 4 N–H and O–H groups in total. The molecule has 4 heterocycles. The highest BCUT2D eigenvalue weighted by Gasteiger charge is 2.37. The van der Waals surface area contributed by atoms with Gasteiger partial charge in [-0.1, -0.05) is 117 Å². The monoisotopic (exact) mass is 1120 g/mol. The maximum atomic E-state index is 10.1. The van der Waals surface area contributed by atoms with E-state index < -0.39 is 0 Å². The maximum Gasteiger partial charge on any atom is 0.169 e. The first-order chi connectivity index (χ1) is 36.3. The maximum absolute atomic E-state index is 10.1. The summed E-state index contributed by atoms with van der Waals surface area (Å²) in [6.07, 6.45) is 9.70. The molecule has 4 aliphatic carbocycles. The van der Waals surface area contributed by atoms with Crippen molar-refractivity contribution < 1.29 is 19.7 Å². The molecule has 8 unspecified atom stereocenters. The van der Waals surface area contributed by atoms with Gasteiger partial charge in [0.25, 0.3) is 0 Å². The van der Waals surface area contributed by atoms with Crippen molar-refractivity contribution in [3.05, 3.63) is 189 Å². The molecule has 8 atom stereocenters. The van der Waals surface area contributed by atoms with Crippen LogP contribution in [0.4, 0.5) is 0 Å². The molecule has 8 nitrogen and oxygen atoms in total. The average molecular weight is 1120 g/mol. The molecule has 0 saturated carbocycles. The van der Waals surface area contributed by atoms with E-state index >= 15 is 0 Å². The van der Waals surface area contributed by atoms with E-state index in [-0.39, 0.29) is 7.43 Å². The summed E-state index contributed by atoms with van der Waals surface area (Å²) >= 11 is 1.65. The lowest BCUT2D eigenvalue weighted by Crippen LogP contribution is -2.42. The zero-order valence-electron chi connectivity index (χ0n) is 43.6. The number of phenols is 2. The molecule has 6 aromatic rings. The second-order valence-electron chi connectivity index (χ2n) is 22.4. The van der Waals surface area contributed by atoms with Gasteiger partial charge in [-0.2, -0.15) is 22.4 Å². The third kappa shape index (κ3) is 13.0. The second kappa shape index (κ2) is 26.0. The number of piperidine rings is 4. The number of nitrogens with one attached hydrogen (secondary N) is 2. The van der Waals surface area contributed by atoms with Crippen LogP contribution in [0.15, 0.2) is 133 Å². The summed E-state index contributed by atoms with van der Waals surface area (Å²) in [7, 11) is 3.57. The van der Waals surface area contributed by atoms with Crippen LogP contribution in [-0.4, -0.2) is 92.3 Å². The van der Waals surface area contributed by atoms with E-state index in [4.69, 9.17) is 9.47 Å². The van der Waals surface area contributed by atoms with Crippen LogP contribution in [0, 0.1) is 23.7 Å². The summed E-state index contributed by atoms with van der Waals surface area (Å²) in [4.78, 5) is 5.22. The number of nitrogens with zero attached hydrogens (tertiary/aromatic N) is 2. The van der Waals surface area contributed by atoms with Crippen molar-refractivity contribution in [1.29, 1.82) is 0 Å². The molecule has 4 fully saturated rings. The number of aromatic hydroxyl groups is 2. The molecule has 0 spiro atoms. The number of fused-ring (bicyclic) bond motifs is 16. The topological polar surface area (TPSA) is 89.5 Å². The standard InChI is InChI=1S/C20H23NO.C19H21NO.C13H17NO.C12H15NO.CH4.BI/c1-22-20-9-5-8-18-17-10-16(11-19(18)20)13-21(14-17)12-15-6-3-2-4-7-15;21-19-8-4-7-17-16-9-15(10-18(17)19)12-20(13-16)11-14-5-2-1-3-6-14;1-15-13-4-2-3-11-10-5-9(6-12(11)13)7-14-8-10;14-12-3-1-2-10-9-4-8(5-11(10)12)6-13-7-9;;1-2/h2-9,16-17H,10-14H2,1H3;1-8,15-16,21H,9-13H2;2-4,9-10,14H,5-8H2,1H3;1-3,8-9,13-14H,4-7H2;1H4;. The van der Waals surface area contributed by atoms with Crippen LogP contribution < -0.4 is 20.1 Å². The number of likely N-dealkylation sites (tertiary alicyclic amines) is 2. The largest absolute Gasteiger partial charge is 0.508 e. The normalized spacial score (nSPS) is 25.2. The minimum Gasteiger partial charge on any atom is -0.508 e. The molecule has 4 saturated heterocycles. The predicted molar refractivity (Wildman–Crippen MR) is 316 cm³/mol. The fourth-order valence-corrected chi connectivity index (χ4v) is 14.4. The van der Waals surface area contributed by atoms with Gasteiger partial charge in [-0.05, 0) is 192 Å². The highest BCUT2D eigenvalue weighted by atomic mass is 127. The van der Waals surface area contributed by atoms with Gasteiger partial charge in [0.15, 0.2) is 5.70 Å². The van der Waals surface area contributed by atoms with E-state index in [0.717, 1.165) is 87.9 Å². The molecule has 0 aromatic heterocycles. The van der Waals surface area contributed by atoms with E-state index in [1.807, 2.05) is 24.3 Å². The van der Waals surface area contributed by atoms with Crippen molar-refractivity contribution in [2.24, 2.45) is 23.7 Å². The Morgan fingerprint density at radius 3 is 1.25 bits per heavy atom. The fourth-order valence-electron chi connectivity index (χ4n) is 14.4. The second-order valence-corrected chi connectivity index (χ2v) is 22.4. The summed E-state index contributed by atoms with van der Waals surface area (Å²) in [5, 5.41) is 26.9. The molecule has 8 bridgehead atoms. The van der Waals surface area contributed by atoms with Gasteiger partial charge in [0.2, 0.25) is 0 Å². The van der Waals surface area contributed by atoms with Gasteiger partial charge in [0.1, 0.15) is 23.0 Å². The molecule has 75 heavy (non-hydrogen) atoms. The third-order valence-corrected chi connectivity index (χ3v) is 17.5. The quantitative estimate of drug-likeness (QED) is 0.0969. The molecule has 2 radical (unpaired) electrons. The Kier molecular flexibility index (Phi) is 19.0. The van der Waals surface area contributed by atoms with Crippen LogP contribution in [0.5, 0.6) is 23.0 Å². The fraction of sp³-hybridized carbons (Fsp3) is 0.446. The Morgan fingerprint density at radius 2 is 0.800 bits per heavy atom. The van der Waals surface area contributed by atoms with Crippen LogP contribution in [0.3, 0.4) is 0 Å². The van der Waals surface area contributed by atoms with Crippen LogP contribution in [-0.2, 0) is 38.8 Å². The molecule has 4 aliphatic heterocycles. The Balaban J connectivity index is 0.000000122. The molecule has 394 valence electrons. The van der Waals surface area contributed by atoms with Gasteiger partial charge >= 0.3 is 0 Å². The lowest BCUT2D eigenvalue weighted by Gasteiger charge is -2.42. The van der Waals surface area contributed by atoms with Gasteiger partial charge in [0.05, 0.1) is 14.2 Å². The van der Waals surface area contributed by atoms with Crippen LogP contribution >= 0.6 is 22.4 Å². The first-order valence-corrected chi connectivity index (χ1v) is 28.7. The Hall–Kier alpha value is -4.85. The summed E-state index contributed by atoms with van der Waals surface area (Å²) in [6.45, 7) is 11.3. The molecule has 0 amide bonds. The number of benzene rings is 6. The molecule has 8 aliphatic rings. The van der Waals surface area contributed by atoms with Crippen LogP contribution in [0.25, 0.3) is 0 Å². The van der Waals surface area contributed by atoms with Gasteiger partial charge < -0.3 is 30.3 Å². The highest BCUT2D eigenvalue weighted by Crippen LogP contribution is 2.45. The van der Waals surface area contributed by atoms with Gasteiger partial charge in [-0.25, -0.2) is 0 Å².